The molecule has 0 radical (unpaired) electrons. The molecule has 1 saturated carbocycles. The number of rotatable bonds is 3. The molecular weight excluding hydrogens is 277 g/mol. The highest BCUT2D eigenvalue weighted by Gasteiger charge is 2.39. The first-order valence-corrected chi connectivity index (χ1v) is 6.05. The van der Waals surface area contributed by atoms with Crippen LogP contribution >= 0.6 is 22.6 Å². The van der Waals surface area contributed by atoms with Gasteiger partial charge in [0.1, 0.15) is 0 Å². The van der Waals surface area contributed by atoms with E-state index >= 15 is 0 Å². The van der Waals surface area contributed by atoms with E-state index in [1.807, 2.05) is 26.1 Å². The number of hydrogen-bond acceptors (Lipinski definition) is 2. The Bertz CT molecular complexity index is 225. The van der Waals surface area contributed by atoms with E-state index in [0.29, 0.717) is 5.92 Å². The average Bonchev–Trinajstić information content (AvgIpc) is 2.00. The zero-order chi connectivity index (χ0) is 9.90. The summed E-state index contributed by atoms with van der Waals surface area (Å²) in [6.07, 6.45) is 5.61. The molecule has 3 heteroatoms. The summed E-state index contributed by atoms with van der Waals surface area (Å²) in [5, 5.41) is 9.53. The second-order valence-corrected chi connectivity index (χ2v) is 4.79. The van der Waals surface area contributed by atoms with Crippen molar-refractivity contribution in [3.05, 3.63) is 12.3 Å². The lowest BCUT2D eigenvalue weighted by atomic mass is 9.70. The van der Waals surface area contributed by atoms with Gasteiger partial charge in [-0.15, -0.1) is 0 Å². The molecular formula is C10H16INO. The summed E-state index contributed by atoms with van der Waals surface area (Å²) in [6, 6.07) is 0. The van der Waals surface area contributed by atoms with Crippen LogP contribution in [0.15, 0.2) is 17.3 Å². The van der Waals surface area contributed by atoms with Gasteiger partial charge in [-0.05, 0) is 26.7 Å². The van der Waals surface area contributed by atoms with Gasteiger partial charge in [0.25, 0.3) is 0 Å². The van der Waals surface area contributed by atoms with Crippen LogP contribution in [-0.4, -0.2) is 20.8 Å². The van der Waals surface area contributed by atoms with Crippen LogP contribution in [0.2, 0.25) is 0 Å². The number of halogens is 1. The molecule has 0 bridgehead atoms. The third kappa shape index (κ3) is 3.38. The van der Waals surface area contributed by atoms with E-state index in [1.54, 1.807) is 0 Å². The first kappa shape index (κ1) is 11.2. The smallest absolute Gasteiger partial charge is 0.0632 e. The molecule has 74 valence electrons. The van der Waals surface area contributed by atoms with Crippen LogP contribution in [0, 0.1) is 5.92 Å². The van der Waals surface area contributed by atoms with E-state index in [9.17, 15) is 5.11 Å². The Kier molecular flexibility index (Phi) is 3.91. The number of alkyl halides is 1. The molecule has 1 aliphatic carbocycles. The number of hydrogen-bond donors (Lipinski definition) is 1. The molecule has 0 aromatic rings. The zero-order valence-corrected chi connectivity index (χ0v) is 10.3. The first-order chi connectivity index (χ1) is 6.05. The Morgan fingerprint density at radius 3 is 2.77 bits per heavy atom. The van der Waals surface area contributed by atoms with E-state index in [2.05, 4.69) is 27.6 Å². The molecule has 0 aliphatic heterocycles. The molecule has 0 saturated heterocycles. The Labute approximate surface area is 93.3 Å². The van der Waals surface area contributed by atoms with Crippen LogP contribution < -0.4 is 0 Å². The van der Waals surface area contributed by atoms with Crippen LogP contribution in [0.3, 0.4) is 0 Å². The largest absolute Gasteiger partial charge is 0.390 e. The predicted octanol–water partition coefficient (Wildman–Crippen LogP) is 2.56. The predicted molar refractivity (Wildman–Crippen MR) is 64.5 cm³/mol. The maximum Gasteiger partial charge on any atom is 0.0632 e. The van der Waals surface area contributed by atoms with Crippen LogP contribution in [-0.2, 0) is 0 Å². The Morgan fingerprint density at radius 1 is 1.69 bits per heavy atom. The van der Waals surface area contributed by atoms with Gasteiger partial charge in [-0.1, -0.05) is 28.7 Å². The monoisotopic (exact) mass is 293 g/mol. The number of aliphatic hydroxyl groups is 1. The fourth-order valence-electron chi connectivity index (χ4n) is 1.61. The molecule has 1 rings (SSSR count). The number of aliphatic imine (C=N–C) groups is 1. The number of allylic oxidation sites excluding steroid dienone is 1. The molecule has 1 aliphatic rings. The second kappa shape index (κ2) is 4.55. The molecule has 0 heterocycles. The van der Waals surface area contributed by atoms with Gasteiger partial charge in [0.15, 0.2) is 0 Å². The lowest BCUT2D eigenvalue weighted by Gasteiger charge is -2.40. The molecule has 0 aromatic carbocycles. The maximum absolute atomic E-state index is 9.53. The molecule has 13 heavy (non-hydrogen) atoms. The Hall–Kier alpha value is 0.1000. The van der Waals surface area contributed by atoms with Crippen LogP contribution in [0.5, 0.6) is 0 Å². The summed E-state index contributed by atoms with van der Waals surface area (Å²) >= 11 is 2.28. The quantitative estimate of drug-likeness (QED) is 0.484. The van der Waals surface area contributed by atoms with Crippen molar-refractivity contribution in [2.45, 2.75) is 32.3 Å². The van der Waals surface area contributed by atoms with Gasteiger partial charge < -0.3 is 5.11 Å². The van der Waals surface area contributed by atoms with Gasteiger partial charge in [0.05, 0.1) is 5.60 Å². The minimum atomic E-state index is -0.436. The van der Waals surface area contributed by atoms with Crippen LogP contribution in [0.1, 0.15) is 26.7 Å². The summed E-state index contributed by atoms with van der Waals surface area (Å²) in [4.78, 5) is 4.32. The van der Waals surface area contributed by atoms with E-state index < -0.39 is 5.60 Å². The highest BCUT2D eigenvalue weighted by atomic mass is 127. The standard InChI is InChI=1S/C10H16INO/c1-8(12-5-3-4-11)9-6-10(2,13)7-9/h3,5,9,13H,4,6-7H2,1-2H3/b5-3-,12-8?. The normalized spacial score (nSPS) is 35.1. The highest BCUT2D eigenvalue weighted by molar-refractivity contribution is 14.1. The summed E-state index contributed by atoms with van der Waals surface area (Å²) in [6.45, 7) is 3.93. The molecule has 1 fully saturated rings. The summed E-state index contributed by atoms with van der Waals surface area (Å²) in [7, 11) is 0. The van der Waals surface area contributed by atoms with E-state index in [4.69, 9.17) is 0 Å². The van der Waals surface area contributed by atoms with Crippen LogP contribution in [0.25, 0.3) is 0 Å². The van der Waals surface area contributed by atoms with Gasteiger partial charge >= 0.3 is 0 Å². The van der Waals surface area contributed by atoms with Crippen molar-refractivity contribution in [2.75, 3.05) is 4.43 Å². The third-order valence-corrected chi connectivity index (χ3v) is 2.94. The molecule has 0 aromatic heterocycles. The van der Waals surface area contributed by atoms with Gasteiger partial charge in [0.2, 0.25) is 0 Å². The van der Waals surface area contributed by atoms with Crippen molar-refractivity contribution in [3.63, 3.8) is 0 Å². The van der Waals surface area contributed by atoms with E-state index in [0.717, 1.165) is 23.0 Å². The van der Waals surface area contributed by atoms with Crippen molar-refractivity contribution in [2.24, 2.45) is 10.9 Å². The summed E-state index contributed by atoms with van der Waals surface area (Å²) in [5.41, 5.74) is 0.710. The van der Waals surface area contributed by atoms with E-state index in [1.165, 1.54) is 0 Å². The van der Waals surface area contributed by atoms with Crippen molar-refractivity contribution >= 4 is 28.3 Å². The van der Waals surface area contributed by atoms with Crippen molar-refractivity contribution < 1.29 is 5.11 Å². The second-order valence-electron chi connectivity index (χ2n) is 3.91. The third-order valence-electron chi connectivity index (χ3n) is 2.44. The van der Waals surface area contributed by atoms with Crippen molar-refractivity contribution in [1.82, 2.24) is 0 Å². The molecule has 0 spiro atoms. The Balaban J connectivity index is 2.38. The Morgan fingerprint density at radius 2 is 2.31 bits per heavy atom. The molecule has 0 amide bonds. The van der Waals surface area contributed by atoms with Crippen LogP contribution in [0.4, 0.5) is 0 Å². The fraction of sp³-hybridized carbons (Fsp3) is 0.700. The van der Waals surface area contributed by atoms with Crippen molar-refractivity contribution in [1.29, 1.82) is 0 Å². The van der Waals surface area contributed by atoms with Crippen molar-refractivity contribution in [3.8, 4) is 0 Å². The fourth-order valence-corrected chi connectivity index (χ4v) is 1.84. The maximum atomic E-state index is 9.53. The lowest BCUT2D eigenvalue weighted by Crippen LogP contribution is -2.43. The SMILES string of the molecule is CC(=N/C=C\CI)C1CC(C)(O)C1. The molecule has 1 N–H and O–H groups in total. The highest BCUT2D eigenvalue weighted by Crippen LogP contribution is 2.38. The zero-order valence-electron chi connectivity index (χ0n) is 8.13. The average molecular weight is 293 g/mol. The van der Waals surface area contributed by atoms with E-state index in [-0.39, 0.29) is 0 Å². The summed E-state index contributed by atoms with van der Waals surface area (Å²) in [5.74, 6) is 0.494. The topological polar surface area (TPSA) is 32.6 Å². The molecule has 2 nitrogen and oxygen atoms in total. The minimum Gasteiger partial charge on any atom is -0.390 e. The van der Waals surface area contributed by atoms with Gasteiger partial charge in [0, 0.05) is 22.3 Å². The van der Waals surface area contributed by atoms with Gasteiger partial charge in [-0.25, -0.2) is 0 Å². The lowest BCUT2D eigenvalue weighted by molar-refractivity contribution is -0.0357. The van der Waals surface area contributed by atoms with Gasteiger partial charge in [-0.2, -0.15) is 0 Å². The minimum absolute atomic E-state index is 0.436. The number of nitrogens with zero attached hydrogens (tertiary/aromatic N) is 1. The van der Waals surface area contributed by atoms with Gasteiger partial charge in [-0.3, -0.25) is 4.99 Å². The molecule has 0 unspecified atom stereocenters. The molecule has 0 atom stereocenters. The summed E-state index contributed by atoms with van der Waals surface area (Å²) < 4.78 is 0.997. The first-order valence-electron chi connectivity index (χ1n) is 4.53.